The molecule has 1 aliphatic rings. The minimum absolute atomic E-state index is 0.190. The number of likely N-dealkylation sites (N-methyl/N-ethyl adjacent to an activating group) is 1. The van der Waals surface area contributed by atoms with Gasteiger partial charge < -0.3 is 10.2 Å². The molecule has 12 heavy (non-hydrogen) atoms. The highest BCUT2D eigenvalue weighted by Gasteiger charge is 2.16. The monoisotopic (exact) mass is 174 g/mol. The Hall–Kier alpha value is -0.150. The lowest BCUT2D eigenvalue weighted by molar-refractivity contribution is 0.196. The van der Waals surface area contributed by atoms with Gasteiger partial charge in [-0.3, -0.25) is 4.39 Å². The molecule has 1 aliphatic heterocycles. The molecule has 1 N–H and O–H groups in total. The summed E-state index contributed by atoms with van der Waals surface area (Å²) in [6, 6.07) is 0.630. The Morgan fingerprint density at radius 1 is 1.58 bits per heavy atom. The van der Waals surface area contributed by atoms with Gasteiger partial charge in [-0.1, -0.05) is 0 Å². The van der Waals surface area contributed by atoms with Crippen molar-refractivity contribution in [2.45, 2.75) is 25.3 Å². The highest BCUT2D eigenvalue weighted by Crippen LogP contribution is 2.08. The second-order valence-corrected chi connectivity index (χ2v) is 3.52. The van der Waals surface area contributed by atoms with Gasteiger partial charge in [0.1, 0.15) is 0 Å². The van der Waals surface area contributed by atoms with Crippen molar-refractivity contribution in [3.05, 3.63) is 0 Å². The van der Waals surface area contributed by atoms with Gasteiger partial charge in [-0.25, -0.2) is 0 Å². The topological polar surface area (TPSA) is 15.3 Å². The molecule has 0 aromatic heterocycles. The number of hydrogen-bond donors (Lipinski definition) is 1. The maximum atomic E-state index is 11.9. The first kappa shape index (κ1) is 9.93. The molecular weight excluding hydrogens is 155 g/mol. The van der Waals surface area contributed by atoms with Crippen LogP contribution >= 0.6 is 0 Å². The van der Waals surface area contributed by atoms with Gasteiger partial charge in [-0.2, -0.15) is 0 Å². The molecule has 0 saturated carbocycles. The molecule has 1 fully saturated rings. The van der Waals surface area contributed by atoms with Gasteiger partial charge in [0.15, 0.2) is 0 Å². The molecule has 0 spiro atoms. The normalized spacial score (nSPS) is 24.8. The van der Waals surface area contributed by atoms with Gasteiger partial charge in [0.05, 0.1) is 6.67 Å². The summed E-state index contributed by atoms with van der Waals surface area (Å²) in [5.74, 6) is 0. The Bertz CT molecular complexity index is 113. The number of hydrogen-bond acceptors (Lipinski definition) is 2. The van der Waals surface area contributed by atoms with Crippen molar-refractivity contribution in [2.24, 2.45) is 0 Å². The Morgan fingerprint density at radius 2 is 2.42 bits per heavy atom. The number of piperidine rings is 1. The quantitative estimate of drug-likeness (QED) is 0.685. The molecule has 1 rings (SSSR count). The summed E-state index contributed by atoms with van der Waals surface area (Å²) in [6.07, 6.45) is 3.19. The van der Waals surface area contributed by atoms with E-state index in [0.717, 1.165) is 19.6 Å². The van der Waals surface area contributed by atoms with Crippen LogP contribution in [0.25, 0.3) is 0 Å². The lowest BCUT2D eigenvalue weighted by Gasteiger charge is -2.31. The zero-order valence-corrected chi connectivity index (χ0v) is 7.85. The molecule has 0 radical (unpaired) electrons. The molecule has 0 amide bonds. The van der Waals surface area contributed by atoms with Gasteiger partial charge in [0, 0.05) is 19.1 Å². The number of alkyl halides is 1. The summed E-state index contributed by atoms with van der Waals surface area (Å²) in [6.45, 7) is 2.92. The number of nitrogens with one attached hydrogen (secondary N) is 1. The van der Waals surface area contributed by atoms with E-state index in [2.05, 4.69) is 17.3 Å². The molecule has 0 aliphatic carbocycles. The summed E-state index contributed by atoms with van der Waals surface area (Å²) in [7, 11) is 2.09. The Kier molecular flexibility index (Phi) is 4.54. The average molecular weight is 174 g/mol. The van der Waals surface area contributed by atoms with E-state index in [9.17, 15) is 4.39 Å². The SMILES string of the molecule is CN(CCCF)C1CCCNC1. The summed E-state index contributed by atoms with van der Waals surface area (Å²) in [4.78, 5) is 2.27. The number of halogens is 1. The van der Waals surface area contributed by atoms with Crippen molar-refractivity contribution in [3.63, 3.8) is 0 Å². The zero-order chi connectivity index (χ0) is 8.81. The maximum Gasteiger partial charge on any atom is 0.0906 e. The summed E-state index contributed by atoms with van der Waals surface area (Å²) in [5.41, 5.74) is 0. The molecule has 1 atom stereocenters. The third kappa shape index (κ3) is 3.07. The second-order valence-electron chi connectivity index (χ2n) is 3.52. The highest BCUT2D eigenvalue weighted by molar-refractivity contribution is 4.75. The van der Waals surface area contributed by atoms with Crippen molar-refractivity contribution in [1.82, 2.24) is 10.2 Å². The van der Waals surface area contributed by atoms with Crippen molar-refractivity contribution < 1.29 is 4.39 Å². The Labute approximate surface area is 74.1 Å². The smallest absolute Gasteiger partial charge is 0.0906 e. The van der Waals surface area contributed by atoms with Crippen LogP contribution in [0.4, 0.5) is 4.39 Å². The van der Waals surface area contributed by atoms with Crippen molar-refractivity contribution >= 4 is 0 Å². The summed E-state index contributed by atoms with van der Waals surface area (Å²) < 4.78 is 11.9. The van der Waals surface area contributed by atoms with E-state index in [1.165, 1.54) is 12.8 Å². The molecular formula is C9H19FN2. The van der Waals surface area contributed by atoms with Crippen LogP contribution in [0.15, 0.2) is 0 Å². The van der Waals surface area contributed by atoms with E-state index in [1.807, 2.05) is 0 Å². The molecule has 0 bridgehead atoms. The van der Waals surface area contributed by atoms with E-state index in [0.29, 0.717) is 12.5 Å². The van der Waals surface area contributed by atoms with Crippen molar-refractivity contribution in [2.75, 3.05) is 33.4 Å². The predicted molar refractivity (Wildman–Crippen MR) is 49.1 cm³/mol. The fraction of sp³-hybridized carbons (Fsp3) is 1.00. The molecule has 0 aromatic rings. The first-order valence-electron chi connectivity index (χ1n) is 4.81. The van der Waals surface area contributed by atoms with E-state index < -0.39 is 0 Å². The zero-order valence-electron chi connectivity index (χ0n) is 7.85. The lowest BCUT2D eigenvalue weighted by atomic mass is 10.1. The summed E-state index contributed by atoms with van der Waals surface area (Å²) >= 11 is 0. The highest BCUT2D eigenvalue weighted by atomic mass is 19.1. The minimum atomic E-state index is -0.190. The predicted octanol–water partition coefficient (Wildman–Crippen LogP) is 1.03. The van der Waals surface area contributed by atoms with Crippen LogP contribution in [-0.4, -0.2) is 44.3 Å². The largest absolute Gasteiger partial charge is 0.315 e. The number of rotatable bonds is 4. The van der Waals surface area contributed by atoms with Crippen LogP contribution in [0.5, 0.6) is 0 Å². The Balaban J connectivity index is 2.15. The van der Waals surface area contributed by atoms with Crippen LogP contribution < -0.4 is 5.32 Å². The molecule has 0 aromatic carbocycles. The maximum absolute atomic E-state index is 11.9. The van der Waals surface area contributed by atoms with E-state index in [4.69, 9.17) is 0 Å². The van der Waals surface area contributed by atoms with Gasteiger partial charge in [-0.05, 0) is 32.9 Å². The fourth-order valence-corrected chi connectivity index (χ4v) is 1.70. The first-order valence-corrected chi connectivity index (χ1v) is 4.81. The van der Waals surface area contributed by atoms with Gasteiger partial charge in [0.25, 0.3) is 0 Å². The van der Waals surface area contributed by atoms with E-state index >= 15 is 0 Å². The molecule has 1 unspecified atom stereocenters. The summed E-state index contributed by atoms with van der Waals surface area (Å²) in [5, 5.41) is 3.36. The second kappa shape index (κ2) is 5.49. The third-order valence-electron chi connectivity index (χ3n) is 2.54. The first-order chi connectivity index (χ1) is 5.84. The van der Waals surface area contributed by atoms with Crippen LogP contribution in [-0.2, 0) is 0 Å². The molecule has 72 valence electrons. The average Bonchev–Trinajstić information content (AvgIpc) is 2.15. The minimum Gasteiger partial charge on any atom is -0.315 e. The number of nitrogens with zero attached hydrogens (tertiary/aromatic N) is 1. The van der Waals surface area contributed by atoms with Crippen LogP contribution in [0.1, 0.15) is 19.3 Å². The molecule has 3 heteroatoms. The van der Waals surface area contributed by atoms with Gasteiger partial charge >= 0.3 is 0 Å². The van der Waals surface area contributed by atoms with E-state index in [1.54, 1.807) is 0 Å². The standard InChI is InChI=1S/C9H19FN2/c1-12(7-3-5-10)9-4-2-6-11-8-9/h9,11H,2-8H2,1H3. The van der Waals surface area contributed by atoms with Crippen LogP contribution in [0, 0.1) is 0 Å². The fourth-order valence-electron chi connectivity index (χ4n) is 1.70. The molecule has 2 nitrogen and oxygen atoms in total. The van der Waals surface area contributed by atoms with Crippen molar-refractivity contribution in [3.8, 4) is 0 Å². The molecule has 1 saturated heterocycles. The van der Waals surface area contributed by atoms with E-state index in [-0.39, 0.29) is 6.67 Å². The molecule has 1 heterocycles. The third-order valence-corrected chi connectivity index (χ3v) is 2.54. The lowest BCUT2D eigenvalue weighted by Crippen LogP contribution is -2.44. The van der Waals surface area contributed by atoms with Gasteiger partial charge in [-0.15, -0.1) is 0 Å². The van der Waals surface area contributed by atoms with Crippen LogP contribution in [0.2, 0.25) is 0 Å². The van der Waals surface area contributed by atoms with Crippen LogP contribution in [0.3, 0.4) is 0 Å². The van der Waals surface area contributed by atoms with Gasteiger partial charge in [0.2, 0.25) is 0 Å². The van der Waals surface area contributed by atoms with Crippen molar-refractivity contribution in [1.29, 1.82) is 0 Å². The Morgan fingerprint density at radius 3 is 3.00 bits per heavy atom.